The Morgan fingerprint density at radius 2 is 1.83 bits per heavy atom. The molecule has 36 heavy (non-hydrogen) atoms. The fourth-order valence-corrected chi connectivity index (χ4v) is 5.75. The Bertz CT molecular complexity index is 1230. The average Bonchev–Trinajstić information content (AvgIpc) is 2.99. The van der Waals surface area contributed by atoms with Crippen LogP contribution in [0, 0.1) is 0 Å². The number of anilines is 1. The monoisotopic (exact) mass is 531 g/mol. The van der Waals surface area contributed by atoms with Crippen LogP contribution in [0.15, 0.2) is 30.3 Å². The topological polar surface area (TPSA) is 105 Å². The quantitative estimate of drug-likeness (QED) is 0.547. The van der Waals surface area contributed by atoms with Crippen molar-refractivity contribution in [2.75, 3.05) is 25.5 Å². The van der Waals surface area contributed by atoms with Crippen LogP contribution in [0.5, 0.6) is 5.75 Å². The second-order valence-electron chi connectivity index (χ2n) is 9.49. The number of nitrogens with zero attached hydrogens (tertiary/aromatic N) is 3. The number of carbonyl (C=O) groups excluding carboxylic acids is 3. The van der Waals surface area contributed by atoms with Gasteiger partial charge in [-0.05, 0) is 41.7 Å². The number of benzene rings is 2. The molecule has 1 saturated heterocycles. The number of para-hydroxylation sites is 1. The summed E-state index contributed by atoms with van der Waals surface area (Å²) in [5.41, 5.74) is 3.24. The van der Waals surface area contributed by atoms with Gasteiger partial charge >= 0.3 is 12.1 Å². The van der Waals surface area contributed by atoms with Gasteiger partial charge in [-0.25, -0.2) is 9.59 Å². The van der Waals surface area contributed by atoms with Crippen molar-refractivity contribution in [1.82, 2.24) is 20.0 Å². The average molecular weight is 532 g/mol. The number of fused-ring (bicyclic) bond motifs is 2. The van der Waals surface area contributed by atoms with Gasteiger partial charge in [0.15, 0.2) is 5.75 Å². The summed E-state index contributed by atoms with van der Waals surface area (Å²) in [7, 11) is 1.63. The summed E-state index contributed by atoms with van der Waals surface area (Å²) >= 11 is 12.4. The molecule has 2 aromatic rings. The summed E-state index contributed by atoms with van der Waals surface area (Å²) in [6, 6.07) is 8.14. The number of rotatable bonds is 2. The second kappa shape index (κ2) is 9.71. The zero-order valence-corrected chi connectivity index (χ0v) is 21.3. The molecule has 0 radical (unpaired) electrons. The molecule has 1 unspecified atom stereocenters. The zero-order chi connectivity index (χ0) is 25.6. The number of piperidine rings is 1. The maximum atomic E-state index is 13.1. The molecule has 3 N–H and O–H groups in total. The summed E-state index contributed by atoms with van der Waals surface area (Å²) in [6.45, 7) is 1.69. The number of amides is 5. The van der Waals surface area contributed by atoms with Crippen LogP contribution in [0.2, 0.25) is 10.0 Å². The number of carbonyl (C=O) groups is 3. The maximum absolute atomic E-state index is 13.1. The van der Waals surface area contributed by atoms with Gasteiger partial charge in [-0.15, -0.1) is 0 Å². The van der Waals surface area contributed by atoms with Crippen LogP contribution >= 0.6 is 23.2 Å². The number of urea groups is 2. The molecule has 1 fully saturated rings. The van der Waals surface area contributed by atoms with E-state index in [4.69, 9.17) is 23.2 Å². The first kappa shape index (κ1) is 24.5. The molecule has 190 valence electrons. The highest BCUT2D eigenvalue weighted by Crippen LogP contribution is 2.39. The molecule has 3 heterocycles. The third-order valence-electron chi connectivity index (χ3n) is 7.23. The predicted molar refractivity (Wildman–Crippen MR) is 136 cm³/mol. The number of nitrogens with one attached hydrogen (secondary N) is 2. The van der Waals surface area contributed by atoms with E-state index in [1.165, 1.54) is 4.90 Å². The molecule has 0 aliphatic carbocycles. The van der Waals surface area contributed by atoms with Gasteiger partial charge < -0.3 is 30.4 Å². The van der Waals surface area contributed by atoms with E-state index < -0.39 is 6.04 Å². The minimum absolute atomic E-state index is 0.0249. The van der Waals surface area contributed by atoms with Crippen LogP contribution in [-0.4, -0.2) is 70.0 Å². The van der Waals surface area contributed by atoms with Crippen molar-refractivity contribution in [2.24, 2.45) is 0 Å². The molecule has 0 aromatic heterocycles. The van der Waals surface area contributed by atoms with E-state index in [1.54, 1.807) is 18.0 Å². The molecule has 9 nitrogen and oxygen atoms in total. The van der Waals surface area contributed by atoms with Crippen molar-refractivity contribution in [3.63, 3.8) is 0 Å². The number of hydrogen-bond acceptors (Lipinski definition) is 4. The van der Waals surface area contributed by atoms with E-state index in [2.05, 4.69) is 10.6 Å². The molecule has 3 aliphatic rings. The number of likely N-dealkylation sites (N-methyl/N-ethyl adjacent to an activating group) is 1. The Kier molecular flexibility index (Phi) is 6.61. The zero-order valence-electron chi connectivity index (χ0n) is 19.8. The first-order valence-corrected chi connectivity index (χ1v) is 12.6. The fourth-order valence-electron chi connectivity index (χ4n) is 5.19. The van der Waals surface area contributed by atoms with Gasteiger partial charge in [0.1, 0.15) is 6.04 Å². The van der Waals surface area contributed by atoms with Crippen molar-refractivity contribution in [3.8, 4) is 5.75 Å². The SMILES string of the molecule is CN1Cc2c(cc(Cl)c(O)c2Cl)CC(NC(=O)N2CCC(N3Cc4ccccc4NC3=O)CC2)C1=O. The Morgan fingerprint density at radius 1 is 1.11 bits per heavy atom. The molecule has 0 saturated carbocycles. The van der Waals surface area contributed by atoms with Crippen LogP contribution in [0.4, 0.5) is 15.3 Å². The number of aromatic hydroxyl groups is 1. The van der Waals surface area contributed by atoms with E-state index in [0.29, 0.717) is 43.6 Å². The van der Waals surface area contributed by atoms with E-state index in [0.717, 1.165) is 11.3 Å². The van der Waals surface area contributed by atoms with Crippen LogP contribution in [0.1, 0.15) is 29.5 Å². The van der Waals surface area contributed by atoms with Crippen molar-refractivity contribution >= 4 is 46.9 Å². The third kappa shape index (κ3) is 4.53. The minimum Gasteiger partial charge on any atom is -0.505 e. The molecule has 11 heteroatoms. The molecule has 2 aromatic carbocycles. The predicted octanol–water partition coefficient (Wildman–Crippen LogP) is 3.80. The number of phenols is 1. The van der Waals surface area contributed by atoms with Gasteiger partial charge in [0.2, 0.25) is 5.91 Å². The van der Waals surface area contributed by atoms with Gasteiger partial charge in [0.05, 0.1) is 10.0 Å². The van der Waals surface area contributed by atoms with Crippen LogP contribution < -0.4 is 10.6 Å². The first-order valence-electron chi connectivity index (χ1n) is 11.9. The van der Waals surface area contributed by atoms with Gasteiger partial charge in [0.25, 0.3) is 0 Å². The summed E-state index contributed by atoms with van der Waals surface area (Å²) in [5.74, 6) is -0.459. The minimum atomic E-state index is -0.789. The molecule has 5 amide bonds. The number of phenolic OH excluding ortho intramolecular Hbond substituents is 1. The molecule has 0 bridgehead atoms. The van der Waals surface area contributed by atoms with E-state index in [1.807, 2.05) is 29.2 Å². The van der Waals surface area contributed by atoms with Crippen molar-refractivity contribution in [2.45, 2.75) is 44.4 Å². The maximum Gasteiger partial charge on any atom is 0.322 e. The fraction of sp³-hybridized carbons (Fsp3) is 0.400. The molecule has 1 atom stereocenters. The molecular weight excluding hydrogens is 505 g/mol. The number of likely N-dealkylation sites (tertiary alicyclic amines) is 1. The standard InChI is InChI=1S/C25H27Cl2N5O4/c1-30-13-17-15(10-18(26)22(33)21(17)27)11-20(23(30)34)29-24(35)31-8-6-16(7-9-31)32-12-14-4-2-3-5-19(14)28-25(32)36/h2-5,10,16,20,33H,6-9,11-13H2,1H3,(H,28,36)(H,29,35). The lowest BCUT2D eigenvalue weighted by atomic mass is 10.0. The van der Waals surface area contributed by atoms with E-state index >= 15 is 0 Å². The first-order chi connectivity index (χ1) is 17.2. The largest absolute Gasteiger partial charge is 0.505 e. The van der Waals surface area contributed by atoms with Gasteiger partial charge in [-0.1, -0.05) is 41.4 Å². The lowest BCUT2D eigenvalue weighted by Gasteiger charge is -2.40. The van der Waals surface area contributed by atoms with Gasteiger partial charge in [0, 0.05) is 51.4 Å². The number of hydrogen-bond donors (Lipinski definition) is 3. The molecule has 0 spiro atoms. The normalized spacial score (nSPS) is 20.4. The number of halogens is 2. The second-order valence-corrected chi connectivity index (χ2v) is 10.3. The Morgan fingerprint density at radius 3 is 2.58 bits per heavy atom. The lowest BCUT2D eigenvalue weighted by molar-refractivity contribution is -0.132. The highest BCUT2D eigenvalue weighted by Gasteiger charge is 2.35. The van der Waals surface area contributed by atoms with Gasteiger partial charge in [-0.3, -0.25) is 4.79 Å². The smallest absolute Gasteiger partial charge is 0.322 e. The van der Waals surface area contributed by atoms with Gasteiger partial charge in [-0.2, -0.15) is 0 Å². The Labute approximate surface area is 218 Å². The van der Waals surface area contributed by atoms with Crippen LogP contribution in [0.3, 0.4) is 0 Å². The van der Waals surface area contributed by atoms with E-state index in [9.17, 15) is 19.5 Å². The highest BCUT2D eigenvalue weighted by molar-refractivity contribution is 6.37. The summed E-state index contributed by atoms with van der Waals surface area (Å²) in [5, 5.41) is 16.1. The van der Waals surface area contributed by atoms with Crippen molar-refractivity contribution in [3.05, 3.63) is 57.1 Å². The summed E-state index contributed by atoms with van der Waals surface area (Å²) < 4.78 is 0. The molecule has 3 aliphatic heterocycles. The van der Waals surface area contributed by atoms with Crippen LogP contribution in [-0.2, 0) is 24.3 Å². The van der Waals surface area contributed by atoms with Crippen molar-refractivity contribution < 1.29 is 19.5 Å². The summed E-state index contributed by atoms with van der Waals surface area (Å²) in [4.78, 5) is 43.8. The van der Waals surface area contributed by atoms with Crippen molar-refractivity contribution in [1.29, 1.82) is 0 Å². The summed E-state index contributed by atoms with van der Waals surface area (Å²) in [6.07, 6.45) is 1.51. The Hall–Kier alpha value is -3.17. The lowest BCUT2D eigenvalue weighted by Crippen LogP contribution is -2.55. The van der Waals surface area contributed by atoms with Crippen LogP contribution in [0.25, 0.3) is 0 Å². The highest BCUT2D eigenvalue weighted by atomic mass is 35.5. The Balaban J connectivity index is 1.23. The third-order valence-corrected chi connectivity index (χ3v) is 7.93. The molecular formula is C25H27Cl2N5O4. The molecule has 5 rings (SSSR count). The van der Waals surface area contributed by atoms with E-state index in [-0.39, 0.29) is 52.8 Å².